The van der Waals surface area contributed by atoms with E-state index in [0.717, 1.165) is 0 Å². The van der Waals surface area contributed by atoms with E-state index in [1.165, 1.54) is 0 Å². The van der Waals surface area contributed by atoms with Crippen LogP contribution in [-0.2, 0) is 34.7 Å². The largest absolute Gasteiger partial charge is 0.288 e. The fourth-order valence-electron chi connectivity index (χ4n) is 0.301. The Kier molecular flexibility index (Phi) is 8.59. The normalized spacial score (nSPS) is 13.4. The molecule has 1 unspecified atom stereocenters. The third-order valence-corrected chi connectivity index (χ3v) is 2.02. The minimum absolute atomic E-state index is 0. The summed E-state index contributed by atoms with van der Waals surface area (Å²) in [5.41, 5.74) is 0. The van der Waals surface area contributed by atoms with Crippen molar-refractivity contribution >= 4 is 11.1 Å². The van der Waals surface area contributed by atoms with Crippen LogP contribution in [0.25, 0.3) is 0 Å². The van der Waals surface area contributed by atoms with Crippen LogP contribution in [0.1, 0.15) is 27.7 Å². The van der Waals surface area contributed by atoms with Gasteiger partial charge in [-0.3, -0.25) is 4.18 Å². The van der Waals surface area contributed by atoms with Gasteiger partial charge in [-0.1, -0.05) is 0 Å². The Morgan fingerprint density at radius 2 is 1.60 bits per heavy atom. The van der Waals surface area contributed by atoms with E-state index in [9.17, 15) is 4.21 Å². The number of hydrogen-bond donors (Lipinski definition) is 0. The third-order valence-electron chi connectivity index (χ3n) is 0.672. The Balaban J connectivity index is 0. The molecule has 10 heavy (non-hydrogen) atoms. The van der Waals surface area contributed by atoms with Crippen LogP contribution in [0.4, 0.5) is 0 Å². The Hall–Kier alpha value is 0.733. The summed E-state index contributed by atoms with van der Waals surface area (Å²) in [6, 6.07) is 0. The quantitative estimate of drug-likeness (QED) is 0.667. The second kappa shape index (κ2) is 6.44. The molecule has 0 aliphatic carbocycles. The van der Waals surface area contributed by atoms with Crippen LogP contribution in [0.3, 0.4) is 0 Å². The zero-order valence-electron chi connectivity index (χ0n) is 7.09. The molecule has 0 amide bonds. The van der Waals surface area contributed by atoms with Gasteiger partial charge in [-0.05, 0) is 27.7 Å². The van der Waals surface area contributed by atoms with Gasteiger partial charge in [0.2, 0.25) is 0 Å². The van der Waals surface area contributed by atoms with Crippen molar-refractivity contribution in [2.45, 2.75) is 39.0 Å². The first-order valence-corrected chi connectivity index (χ1v) is 4.25. The van der Waals surface area contributed by atoms with Crippen LogP contribution in [0.5, 0.6) is 0 Å². The van der Waals surface area contributed by atoms with Crippen molar-refractivity contribution in [2.24, 2.45) is 0 Å². The van der Waals surface area contributed by atoms with Crippen LogP contribution in [-0.4, -0.2) is 15.6 Å². The standard InChI is InChI=1S/C6H14O2S.Zn/c1-5(2)8-9(7)6(3)4;/h5-6H,1-4H3;. The summed E-state index contributed by atoms with van der Waals surface area (Å²) in [4.78, 5) is 0. The smallest absolute Gasteiger partial charge is 0.158 e. The van der Waals surface area contributed by atoms with Gasteiger partial charge in [0.1, 0.15) is 0 Å². The molecule has 0 saturated heterocycles. The van der Waals surface area contributed by atoms with Crippen LogP contribution in [0.15, 0.2) is 0 Å². The average Bonchev–Trinajstić information content (AvgIpc) is 1.63. The van der Waals surface area contributed by atoms with Gasteiger partial charge < -0.3 is 0 Å². The van der Waals surface area contributed by atoms with E-state index in [-0.39, 0.29) is 30.8 Å². The Labute approximate surface area is 78.1 Å². The summed E-state index contributed by atoms with van der Waals surface area (Å²) in [7, 11) is 0. The molecule has 0 heterocycles. The second-order valence-electron chi connectivity index (χ2n) is 2.45. The zero-order chi connectivity index (χ0) is 7.44. The maximum Gasteiger partial charge on any atom is 0.158 e. The van der Waals surface area contributed by atoms with Crippen molar-refractivity contribution in [3.8, 4) is 0 Å². The molecule has 4 heteroatoms. The molecule has 0 radical (unpaired) electrons. The molecule has 0 aliphatic rings. The van der Waals surface area contributed by atoms with Crippen molar-refractivity contribution in [1.82, 2.24) is 0 Å². The van der Waals surface area contributed by atoms with Gasteiger partial charge in [0, 0.05) is 19.5 Å². The first kappa shape index (κ1) is 13.3. The van der Waals surface area contributed by atoms with Crippen molar-refractivity contribution < 1.29 is 27.9 Å². The SMILES string of the molecule is CC(C)OS(=O)C(C)C.[Zn]. The van der Waals surface area contributed by atoms with Gasteiger partial charge in [-0.25, -0.2) is 4.21 Å². The fourth-order valence-corrected chi connectivity index (χ4v) is 0.902. The van der Waals surface area contributed by atoms with Crippen molar-refractivity contribution in [2.75, 3.05) is 0 Å². The molecule has 0 aromatic rings. The summed E-state index contributed by atoms with van der Waals surface area (Å²) >= 11 is -1.10. The van der Waals surface area contributed by atoms with Gasteiger partial charge >= 0.3 is 0 Å². The van der Waals surface area contributed by atoms with Crippen LogP contribution in [0, 0.1) is 0 Å². The van der Waals surface area contributed by atoms with E-state index >= 15 is 0 Å². The summed E-state index contributed by atoms with van der Waals surface area (Å²) < 4.78 is 15.8. The average molecular weight is 216 g/mol. The monoisotopic (exact) mass is 214 g/mol. The van der Waals surface area contributed by atoms with Gasteiger partial charge in [0.25, 0.3) is 0 Å². The van der Waals surface area contributed by atoms with E-state index in [0.29, 0.717) is 0 Å². The molecule has 58 valence electrons. The Bertz CT molecular complexity index is 104. The van der Waals surface area contributed by atoms with Crippen molar-refractivity contribution in [3.63, 3.8) is 0 Å². The minimum Gasteiger partial charge on any atom is -0.288 e. The van der Waals surface area contributed by atoms with E-state index in [4.69, 9.17) is 4.18 Å². The van der Waals surface area contributed by atoms with Crippen molar-refractivity contribution in [1.29, 1.82) is 0 Å². The molecule has 0 aromatic heterocycles. The number of hydrogen-bond acceptors (Lipinski definition) is 2. The first-order valence-electron chi connectivity index (χ1n) is 3.11. The summed E-state index contributed by atoms with van der Waals surface area (Å²) in [6.45, 7) is 7.50. The van der Waals surface area contributed by atoms with E-state index in [1.807, 2.05) is 27.7 Å². The van der Waals surface area contributed by atoms with E-state index < -0.39 is 11.1 Å². The van der Waals surface area contributed by atoms with Crippen molar-refractivity contribution in [3.05, 3.63) is 0 Å². The zero-order valence-corrected chi connectivity index (χ0v) is 10.9. The maximum absolute atomic E-state index is 10.8. The van der Waals surface area contributed by atoms with Crippen LogP contribution < -0.4 is 0 Å². The molecule has 0 N–H and O–H groups in total. The van der Waals surface area contributed by atoms with E-state index in [1.54, 1.807) is 0 Å². The molecule has 0 fully saturated rings. The summed E-state index contributed by atoms with van der Waals surface area (Å²) in [5.74, 6) is 0. The van der Waals surface area contributed by atoms with Gasteiger partial charge in [-0.2, -0.15) is 0 Å². The maximum atomic E-state index is 10.8. The predicted molar refractivity (Wildman–Crippen MR) is 39.5 cm³/mol. The third kappa shape index (κ3) is 6.85. The fraction of sp³-hybridized carbons (Fsp3) is 1.00. The molecule has 0 aliphatic heterocycles. The van der Waals surface area contributed by atoms with Crippen LogP contribution >= 0.6 is 0 Å². The molecule has 0 saturated carbocycles. The molecule has 0 rings (SSSR count). The molecule has 0 bridgehead atoms. The molecular formula is C6H14O2SZn. The number of rotatable bonds is 3. The molecule has 0 spiro atoms. The second-order valence-corrected chi connectivity index (χ2v) is 4.11. The summed E-state index contributed by atoms with van der Waals surface area (Å²) in [6.07, 6.45) is 0.0632. The Morgan fingerprint density at radius 1 is 1.20 bits per heavy atom. The minimum atomic E-state index is -1.10. The Morgan fingerprint density at radius 3 is 1.70 bits per heavy atom. The van der Waals surface area contributed by atoms with Gasteiger partial charge in [0.05, 0.1) is 11.4 Å². The molecule has 1 atom stereocenters. The topological polar surface area (TPSA) is 26.3 Å². The first-order chi connectivity index (χ1) is 4.04. The molecule has 2 nitrogen and oxygen atoms in total. The van der Waals surface area contributed by atoms with Gasteiger partial charge in [0.15, 0.2) is 11.1 Å². The predicted octanol–water partition coefficient (Wildman–Crippen LogP) is 1.48. The molecular weight excluding hydrogens is 202 g/mol. The van der Waals surface area contributed by atoms with E-state index in [2.05, 4.69) is 0 Å². The van der Waals surface area contributed by atoms with Crippen LogP contribution in [0.2, 0.25) is 0 Å². The van der Waals surface area contributed by atoms with Gasteiger partial charge in [-0.15, -0.1) is 0 Å². The summed E-state index contributed by atoms with van der Waals surface area (Å²) in [5, 5.41) is 0.104. The molecule has 0 aromatic carbocycles.